The van der Waals surface area contributed by atoms with Gasteiger partial charge in [-0.15, -0.1) is 0 Å². The Bertz CT molecular complexity index is 1690. The summed E-state index contributed by atoms with van der Waals surface area (Å²) >= 11 is 0. The molecule has 3 aromatic carbocycles. The van der Waals surface area contributed by atoms with E-state index in [1.54, 1.807) is 36.4 Å². The van der Waals surface area contributed by atoms with Gasteiger partial charge in [-0.25, -0.2) is 4.79 Å². The molecule has 2 amide bonds. The fourth-order valence-electron chi connectivity index (χ4n) is 5.45. The standard InChI is InChI=1S/C34H36N4O6/c1-21(32(41)43-20-28-29(37-44-38(28)42)22-9-7-6-8-10-22)35-30(39)23-11-13-24(14-12-23)31(40)36-25-15-16-26-27(19-25)34(4,5)18-17-33(26,2)3/h6-16,19,21H,17-18,20H2,1-5H3,(H,35,39)(H,36,40)/t21-/m0/s1. The third kappa shape index (κ3) is 6.34. The Morgan fingerprint density at radius 1 is 0.909 bits per heavy atom. The van der Waals surface area contributed by atoms with Gasteiger partial charge in [-0.1, -0.05) is 64.1 Å². The number of carbonyl (C=O) groups excluding carboxylic acids is 3. The molecule has 10 nitrogen and oxygen atoms in total. The highest BCUT2D eigenvalue weighted by molar-refractivity contribution is 6.05. The number of hydrogen-bond donors (Lipinski definition) is 2. The maximum atomic E-state index is 13.0. The molecule has 0 saturated heterocycles. The van der Waals surface area contributed by atoms with Crippen molar-refractivity contribution in [2.75, 3.05) is 5.32 Å². The number of nitrogens with zero attached hydrogens (tertiary/aromatic N) is 2. The molecule has 0 saturated carbocycles. The van der Waals surface area contributed by atoms with Crippen LogP contribution in [0.2, 0.25) is 0 Å². The molecule has 228 valence electrons. The van der Waals surface area contributed by atoms with Crippen molar-refractivity contribution in [2.45, 2.75) is 70.9 Å². The molecule has 10 heteroatoms. The van der Waals surface area contributed by atoms with Crippen molar-refractivity contribution < 1.29 is 28.7 Å². The van der Waals surface area contributed by atoms with E-state index in [4.69, 9.17) is 4.74 Å². The van der Waals surface area contributed by atoms with Crippen LogP contribution in [0.15, 0.2) is 77.4 Å². The second-order valence-electron chi connectivity index (χ2n) is 12.5. The molecule has 1 heterocycles. The summed E-state index contributed by atoms with van der Waals surface area (Å²) in [6, 6.07) is 20.1. The van der Waals surface area contributed by atoms with Gasteiger partial charge in [-0.3, -0.25) is 14.2 Å². The first-order valence-corrected chi connectivity index (χ1v) is 14.5. The number of fused-ring (bicyclic) bond motifs is 1. The molecule has 5 rings (SSSR count). The zero-order chi connectivity index (χ0) is 31.6. The number of carbonyl (C=O) groups is 3. The summed E-state index contributed by atoms with van der Waals surface area (Å²) in [6.45, 7) is 10.1. The second kappa shape index (κ2) is 11.9. The van der Waals surface area contributed by atoms with Gasteiger partial charge in [0.2, 0.25) is 5.69 Å². The Hall–Kier alpha value is -4.99. The highest BCUT2D eigenvalue weighted by Gasteiger charge is 2.37. The van der Waals surface area contributed by atoms with E-state index in [1.807, 2.05) is 12.1 Å². The van der Waals surface area contributed by atoms with Gasteiger partial charge >= 0.3 is 5.97 Å². The third-order valence-corrected chi connectivity index (χ3v) is 8.32. The number of aromatic nitrogens is 2. The summed E-state index contributed by atoms with van der Waals surface area (Å²) in [4.78, 5) is 38.6. The molecule has 0 unspecified atom stereocenters. The van der Waals surface area contributed by atoms with E-state index in [1.165, 1.54) is 30.2 Å². The number of ether oxygens (including phenoxy) is 1. The molecule has 2 N–H and O–H groups in total. The van der Waals surface area contributed by atoms with Gasteiger partial charge < -0.3 is 20.6 Å². The minimum atomic E-state index is -1.01. The fourth-order valence-corrected chi connectivity index (χ4v) is 5.45. The maximum absolute atomic E-state index is 13.0. The Morgan fingerprint density at radius 2 is 1.52 bits per heavy atom. The van der Waals surface area contributed by atoms with Gasteiger partial charge in [0.05, 0.1) is 0 Å². The summed E-state index contributed by atoms with van der Waals surface area (Å²) < 4.78 is 9.95. The number of esters is 1. The normalized spacial score (nSPS) is 15.5. The van der Waals surface area contributed by atoms with Crippen molar-refractivity contribution in [3.8, 4) is 11.3 Å². The number of rotatable bonds is 8. The van der Waals surface area contributed by atoms with Gasteiger partial charge in [-0.05, 0) is 83.0 Å². The SMILES string of the molecule is C[C@H](NC(=O)c1ccc(C(=O)Nc2ccc3c(c2)C(C)(C)CCC3(C)C)cc1)C(=O)OCc1c(-c2ccccc2)no[n+]1[O-]. The smallest absolute Gasteiger partial charge is 0.328 e. The predicted octanol–water partition coefficient (Wildman–Crippen LogP) is 5.44. The quantitative estimate of drug-likeness (QED) is 0.204. The van der Waals surface area contributed by atoms with E-state index in [0.717, 1.165) is 18.5 Å². The molecular formula is C34H36N4O6. The Labute approximate surface area is 255 Å². The van der Waals surface area contributed by atoms with E-state index in [9.17, 15) is 19.6 Å². The first-order valence-electron chi connectivity index (χ1n) is 14.5. The molecule has 1 aliphatic rings. The van der Waals surface area contributed by atoms with Crippen LogP contribution in [-0.2, 0) is 27.0 Å². The van der Waals surface area contributed by atoms with Gasteiger partial charge in [-0.2, -0.15) is 0 Å². The fraction of sp³-hybridized carbons (Fsp3) is 0.324. The van der Waals surface area contributed by atoms with Crippen molar-refractivity contribution in [1.29, 1.82) is 0 Å². The number of hydrogen-bond acceptors (Lipinski definition) is 7. The lowest BCUT2D eigenvalue weighted by molar-refractivity contribution is -0.808. The zero-order valence-corrected chi connectivity index (χ0v) is 25.5. The number of anilines is 1. The van der Waals surface area contributed by atoms with Crippen molar-refractivity contribution in [2.24, 2.45) is 0 Å². The molecule has 4 aromatic rings. The summed E-state index contributed by atoms with van der Waals surface area (Å²) in [5.74, 6) is -1.55. The highest BCUT2D eigenvalue weighted by Crippen LogP contribution is 2.46. The molecule has 0 aliphatic heterocycles. The number of amides is 2. The van der Waals surface area contributed by atoms with Crippen LogP contribution in [0.25, 0.3) is 11.3 Å². The van der Waals surface area contributed by atoms with Crippen LogP contribution in [0, 0.1) is 5.21 Å². The van der Waals surface area contributed by atoms with E-state index in [2.05, 4.69) is 60.2 Å². The molecular weight excluding hydrogens is 560 g/mol. The lowest BCUT2D eigenvalue weighted by atomic mass is 9.63. The van der Waals surface area contributed by atoms with Crippen molar-refractivity contribution in [1.82, 2.24) is 10.5 Å². The Balaban J connectivity index is 1.18. The molecule has 0 fully saturated rings. The summed E-state index contributed by atoms with van der Waals surface area (Å²) in [5.41, 5.74) is 4.95. The highest BCUT2D eigenvalue weighted by atomic mass is 16.8. The maximum Gasteiger partial charge on any atom is 0.328 e. The molecule has 0 radical (unpaired) electrons. The molecule has 1 atom stereocenters. The largest absolute Gasteiger partial charge is 0.455 e. The van der Waals surface area contributed by atoms with Crippen LogP contribution in [-0.4, -0.2) is 29.0 Å². The van der Waals surface area contributed by atoms with Crippen LogP contribution >= 0.6 is 0 Å². The lowest BCUT2D eigenvalue weighted by Gasteiger charge is -2.42. The lowest BCUT2D eigenvalue weighted by Crippen LogP contribution is -2.40. The minimum Gasteiger partial charge on any atom is -0.455 e. The van der Waals surface area contributed by atoms with Crippen LogP contribution in [0.4, 0.5) is 5.69 Å². The average Bonchev–Trinajstić information content (AvgIpc) is 3.38. The average molecular weight is 597 g/mol. The van der Waals surface area contributed by atoms with Gasteiger partial charge in [0.1, 0.15) is 6.04 Å². The van der Waals surface area contributed by atoms with E-state index >= 15 is 0 Å². The Kier molecular flexibility index (Phi) is 8.27. The van der Waals surface area contributed by atoms with Crippen molar-refractivity contribution in [3.63, 3.8) is 0 Å². The van der Waals surface area contributed by atoms with Gasteiger partial charge in [0.15, 0.2) is 6.61 Å². The summed E-state index contributed by atoms with van der Waals surface area (Å²) in [5, 5.41) is 21.4. The third-order valence-electron chi connectivity index (χ3n) is 8.32. The van der Waals surface area contributed by atoms with Crippen molar-refractivity contribution >= 4 is 23.5 Å². The summed E-state index contributed by atoms with van der Waals surface area (Å²) in [7, 11) is 0. The van der Waals surface area contributed by atoms with E-state index in [0.29, 0.717) is 11.1 Å². The Morgan fingerprint density at radius 3 is 2.18 bits per heavy atom. The first kappa shape index (κ1) is 30.5. The first-order chi connectivity index (χ1) is 20.9. The molecule has 44 heavy (non-hydrogen) atoms. The van der Waals surface area contributed by atoms with Crippen molar-refractivity contribution in [3.05, 3.63) is 106 Å². The number of nitrogens with one attached hydrogen (secondary N) is 2. The topological polar surface area (TPSA) is 137 Å². The molecule has 0 spiro atoms. The molecule has 0 bridgehead atoms. The van der Waals surface area contributed by atoms with Gasteiger partial charge in [0, 0.05) is 27.5 Å². The minimum absolute atomic E-state index is 0.0175. The monoisotopic (exact) mass is 596 g/mol. The van der Waals surface area contributed by atoms with Crippen LogP contribution < -0.4 is 15.5 Å². The van der Waals surface area contributed by atoms with E-state index < -0.39 is 17.9 Å². The van der Waals surface area contributed by atoms with Crippen LogP contribution in [0.5, 0.6) is 0 Å². The van der Waals surface area contributed by atoms with Crippen LogP contribution in [0.3, 0.4) is 0 Å². The predicted molar refractivity (Wildman–Crippen MR) is 164 cm³/mol. The molecule has 1 aliphatic carbocycles. The van der Waals surface area contributed by atoms with E-state index in [-0.39, 0.29) is 45.2 Å². The number of benzene rings is 3. The molecule has 1 aromatic heterocycles. The van der Waals surface area contributed by atoms with Crippen LogP contribution in [0.1, 0.15) is 85.0 Å². The second-order valence-corrected chi connectivity index (χ2v) is 12.5. The van der Waals surface area contributed by atoms with Gasteiger partial charge in [0.25, 0.3) is 17.5 Å². The zero-order valence-electron chi connectivity index (χ0n) is 25.5. The summed E-state index contributed by atoms with van der Waals surface area (Å²) in [6.07, 6.45) is 2.18.